The van der Waals surface area contributed by atoms with Crippen LogP contribution in [0.1, 0.15) is 23.0 Å². The van der Waals surface area contributed by atoms with E-state index < -0.39 is 6.10 Å². The molecule has 0 aromatic carbocycles. The van der Waals surface area contributed by atoms with E-state index in [-0.39, 0.29) is 18.4 Å². The summed E-state index contributed by atoms with van der Waals surface area (Å²) in [6, 6.07) is 3.48. The van der Waals surface area contributed by atoms with E-state index in [1.807, 2.05) is 0 Å². The molecule has 0 saturated carbocycles. The minimum atomic E-state index is -0.434. The van der Waals surface area contributed by atoms with E-state index in [1.54, 1.807) is 24.4 Å². The van der Waals surface area contributed by atoms with E-state index in [9.17, 15) is 9.59 Å². The first-order chi connectivity index (χ1) is 8.09. The minimum Gasteiger partial charge on any atom is -0.393 e. The normalized spacial score (nSPS) is 11.9. The fraction of sp³-hybridized carbons (Fsp3) is 0.455. The smallest absolute Gasteiger partial charge is 0.261 e. The molecule has 0 bridgehead atoms. The molecule has 1 unspecified atom stereocenters. The summed E-state index contributed by atoms with van der Waals surface area (Å²) in [5, 5.41) is 15.9. The maximum Gasteiger partial charge on any atom is 0.261 e. The number of carbonyl (C=O) groups is 2. The van der Waals surface area contributed by atoms with Gasteiger partial charge in [0.15, 0.2) is 0 Å². The molecule has 5 nitrogen and oxygen atoms in total. The number of hydrogen-bond acceptors (Lipinski definition) is 4. The molecule has 0 aliphatic rings. The summed E-state index contributed by atoms with van der Waals surface area (Å²) in [6.07, 6.45) is 0.0703. The van der Waals surface area contributed by atoms with Crippen LogP contribution in [-0.4, -0.2) is 36.1 Å². The van der Waals surface area contributed by atoms with Gasteiger partial charge < -0.3 is 15.7 Å². The average molecular weight is 256 g/mol. The summed E-state index contributed by atoms with van der Waals surface area (Å²) in [5.41, 5.74) is 0. The third-order valence-electron chi connectivity index (χ3n) is 2.04. The standard InChI is InChI=1S/C11H16N2O3S/c1-8(14)4-5-12-10(15)7-13-11(16)9-3-2-6-17-9/h2-3,6,8,14H,4-5,7H2,1H3,(H,12,15)(H,13,16). The highest BCUT2D eigenvalue weighted by Gasteiger charge is 2.08. The van der Waals surface area contributed by atoms with E-state index in [4.69, 9.17) is 5.11 Å². The van der Waals surface area contributed by atoms with Gasteiger partial charge in [-0.1, -0.05) is 6.07 Å². The molecule has 0 fully saturated rings. The van der Waals surface area contributed by atoms with Crippen LogP contribution in [0, 0.1) is 0 Å². The topological polar surface area (TPSA) is 78.4 Å². The molecule has 3 N–H and O–H groups in total. The van der Waals surface area contributed by atoms with Crippen molar-refractivity contribution in [2.24, 2.45) is 0 Å². The Kier molecular flexibility index (Phi) is 5.65. The molecule has 0 aliphatic carbocycles. The molecule has 1 aromatic rings. The van der Waals surface area contributed by atoms with Crippen molar-refractivity contribution in [1.82, 2.24) is 10.6 Å². The summed E-state index contributed by atoms with van der Waals surface area (Å²) < 4.78 is 0. The second kappa shape index (κ2) is 7.03. The Balaban J connectivity index is 2.18. The third-order valence-corrected chi connectivity index (χ3v) is 2.91. The second-order valence-corrected chi connectivity index (χ2v) is 4.60. The zero-order valence-corrected chi connectivity index (χ0v) is 10.4. The van der Waals surface area contributed by atoms with Gasteiger partial charge in [0.25, 0.3) is 5.91 Å². The SMILES string of the molecule is CC(O)CCNC(=O)CNC(=O)c1cccs1. The van der Waals surface area contributed by atoms with Crippen LogP contribution in [0.25, 0.3) is 0 Å². The first-order valence-corrected chi connectivity index (χ1v) is 6.24. The van der Waals surface area contributed by atoms with Crippen molar-refractivity contribution in [3.63, 3.8) is 0 Å². The second-order valence-electron chi connectivity index (χ2n) is 3.65. The highest BCUT2D eigenvalue weighted by molar-refractivity contribution is 7.12. The van der Waals surface area contributed by atoms with Gasteiger partial charge in [0, 0.05) is 6.54 Å². The lowest BCUT2D eigenvalue weighted by molar-refractivity contribution is -0.120. The van der Waals surface area contributed by atoms with E-state index in [1.165, 1.54) is 11.3 Å². The van der Waals surface area contributed by atoms with Crippen LogP contribution in [0.2, 0.25) is 0 Å². The summed E-state index contributed by atoms with van der Waals surface area (Å²) >= 11 is 1.33. The van der Waals surface area contributed by atoms with Gasteiger partial charge in [-0.15, -0.1) is 11.3 Å². The number of carbonyl (C=O) groups excluding carboxylic acids is 2. The van der Waals surface area contributed by atoms with E-state index in [2.05, 4.69) is 10.6 Å². The highest BCUT2D eigenvalue weighted by Crippen LogP contribution is 2.07. The van der Waals surface area contributed by atoms with Gasteiger partial charge in [0.2, 0.25) is 5.91 Å². The van der Waals surface area contributed by atoms with Crippen molar-refractivity contribution in [2.45, 2.75) is 19.4 Å². The minimum absolute atomic E-state index is 0.0451. The van der Waals surface area contributed by atoms with Gasteiger partial charge >= 0.3 is 0 Å². The third kappa shape index (κ3) is 5.46. The molecule has 0 aliphatic heterocycles. The lowest BCUT2D eigenvalue weighted by Crippen LogP contribution is -2.37. The van der Waals surface area contributed by atoms with E-state index >= 15 is 0 Å². The lowest BCUT2D eigenvalue weighted by atomic mass is 10.3. The Hall–Kier alpha value is -1.40. The number of nitrogens with one attached hydrogen (secondary N) is 2. The summed E-state index contributed by atoms with van der Waals surface area (Å²) in [4.78, 5) is 23.4. The molecule has 0 saturated heterocycles. The molecule has 0 radical (unpaired) electrons. The van der Waals surface area contributed by atoms with Gasteiger partial charge in [-0.05, 0) is 24.8 Å². The highest BCUT2D eigenvalue weighted by atomic mass is 32.1. The van der Waals surface area contributed by atoms with Crippen molar-refractivity contribution in [2.75, 3.05) is 13.1 Å². The quantitative estimate of drug-likeness (QED) is 0.688. The molecule has 1 heterocycles. The fourth-order valence-corrected chi connectivity index (χ4v) is 1.78. The van der Waals surface area contributed by atoms with Crippen LogP contribution in [0.3, 0.4) is 0 Å². The summed E-state index contributed by atoms with van der Waals surface area (Å²) in [6.45, 7) is 2.02. The summed E-state index contributed by atoms with van der Waals surface area (Å²) in [5.74, 6) is -0.499. The number of hydrogen-bond donors (Lipinski definition) is 3. The molecular weight excluding hydrogens is 240 g/mol. The fourth-order valence-electron chi connectivity index (χ4n) is 1.14. The number of rotatable bonds is 6. The average Bonchev–Trinajstić information content (AvgIpc) is 2.78. The van der Waals surface area contributed by atoms with Crippen molar-refractivity contribution in [3.05, 3.63) is 22.4 Å². The number of aliphatic hydroxyl groups excluding tert-OH is 1. The Bertz CT molecular complexity index is 363. The van der Waals surface area contributed by atoms with Crippen LogP contribution in [0.5, 0.6) is 0 Å². The van der Waals surface area contributed by atoms with E-state index in [0.29, 0.717) is 17.8 Å². The summed E-state index contributed by atoms with van der Waals surface area (Å²) in [7, 11) is 0. The van der Waals surface area contributed by atoms with Crippen molar-refractivity contribution in [1.29, 1.82) is 0 Å². The first-order valence-electron chi connectivity index (χ1n) is 5.36. The Labute approximate surface area is 104 Å². The largest absolute Gasteiger partial charge is 0.393 e. The van der Waals surface area contributed by atoms with Crippen molar-refractivity contribution in [3.8, 4) is 0 Å². The Morgan fingerprint density at radius 1 is 1.47 bits per heavy atom. The molecule has 1 aromatic heterocycles. The van der Waals surface area contributed by atoms with Crippen molar-refractivity contribution >= 4 is 23.2 Å². The van der Waals surface area contributed by atoms with Crippen molar-refractivity contribution < 1.29 is 14.7 Å². The van der Waals surface area contributed by atoms with Gasteiger partial charge in [0.05, 0.1) is 17.5 Å². The molecule has 1 rings (SSSR count). The maximum absolute atomic E-state index is 11.5. The number of amides is 2. The van der Waals surface area contributed by atoms with Crippen LogP contribution < -0.4 is 10.6 Å². The van der Waals surface area contributed by atoms with Gasteiger partial charge in [0.1, 0.15) is 0 Å². The number of thiophene rings is 1. The maximum atomic E-state index is 11.5. The Morgan fingerprint density at radius 2 is 2.24 bits per heavy atom. The zero-order chi connectivity index (χ0) is 12.7. The predicted octanol–water partition coefficient (Wildman–Crippen LogP) is 0.365. The lowest BCUT2D eigenvalue weighted by Gasteiger charge is -2.07. The van der Waals surface area contributed by atoms with Crippen LogP contribution in [0.4, 0.5) is 0 Å². The van der Waals surface area contributed by atoms with Crippen LogP contribution in [0.15, 0.2) is 17.5 Å². The Morgan fingerprint density at radius 3 is 2.82 bits per heavy atom. The van der Waals surface area contributed by atoms with Gasteiger partial charge in [-0.25, -0.2) is 0 Å². The monoisotopic (exact) mass is 256 g/mol. The molecule has 6 heteroatoms. The molecular formula is C11H16N2O3S. The van der Waals surface area contributed by atoms with Gasteiger partial charge in [-0.3, -0.25) is 9.59 Å². The van der Waals surface area contributed by atoms with Crippen LogP contribution in [-0.2, 0) is 4.79 Å². The number of aliphatic hydroxyl groups is 1. The molecule has 1 atom stereocenters. The predicted molar refractivity (Wildman–Crippen MR) is 66.0 cm³/mol. The molecule has 17 heavy (non-hydrogen) atoms. The molecule has 0 spiro atoms. The molecule has 94 valence electrons. The van der Waals surface area contributed by atoms with Gasteiger partial charge in [-0.2, -0.15) is 0 Å². The molecule has 2 amide bonds. The van der Waals surface area contributed by atoms with E-state index in [0.717, 1.165) is 0 Å². The van der Waals surface area contributed by atoms with Crippen LogP contribution >= 0.6 is 11.3 Å². The first kappa shape index (κ1) is 13.7. The zero-order valence-electron chi connectivity index (χ0n) is 9.60.